The van der Waals surface area contributed by atoms with Gasteiger partial charge in [0.25, 0.3) is 0 Å². The first kappa shape index (κ1) is 31.4. The second kappa shape index (κ2) is 25.7. The Bertz CT molecular complexity index is 256. The molecule has 0 saturated heterocycles. The van der Waals surface area contributed by atoms with Crippen LogP contribution < -0.4 is 51.4 Å². The summed E-state index contributed by atoms with van der Waals surface area (Å²) < 4.78 is 14.6. The van der Waals surface area contributed by atoms with Gasteiger partial charge in [0.15, 0.2) is 0 Å². The predicted molar refractivity (Wildman–Crippen MR) is 102 cm³/mol. The van der Waals surface area contributed by atoms with E-state index in [2.05, 4.69) is 13.8 Å². The van der Waals surface area contributed by atoms with Gasteiger partial charge in [0.05, 0.1) is 0 Å². The normalized spacial score (nSPS) is 10.8. The Kier molecular flexibility index (Phi) is 32.3. The molecule has 0 atom stereocenters. The summed E-state index contributed by atoms with van der Waals surface area (Å²) in [5.41, 5.74) is 0. The van der Waals surface area contributed by atoms with Crippen LogP contribution in [0.1, 0.15) is 105 Å². The molecule has 0 radical (unpaired) electrons. The van der Waals surface area contributed by atoms with Crippen molar-refractivity contribution >= 4 is 7.82 Å². The predicted octanol–water partition coefficient (Wildman–Crippen LogP) is 2.69. The molecule has 0 bridgehead atoms. The van der Waals surface area contributed by atoms with Gasteiger partial charge >= 0.3 is 59.2 Å². The van der Waals surface area contributed by atoms with E-state index in [1.54, 1.807) is 0 Å². The van der Waals surface area contributed by atoms with E-state index in [-0.39, 0.29) is 52.8 Å². The molecule has 5 nitrogen and oxygen atoms in total. The van der Waals surface area contributed by atoms with E-state index < -0.39 is 7.82 Å². The Balaban J connectivity index is -0.000000304. The van der Waals surface area contributed by atoms with Crippen molar-refractivity contribution in [1.29, 1.82) is 0 Å². The van der Waals surface area contributed by atoms with Crippen molar-refractivity contribution in [2.75, 3.05) is 13.2 Å². The Morgan fingerprint density at radius 1 is 0.640 bits per heavy atom. The van der Waals surface area contributed by atoms with Crippen LogP contribution in [0.2, 0.25) is 0 Å². The van der Waals surface area contributed by atoms with E-state index in [0.29, 0.717) is 0 Å². The molecule has 3 N–H and O–H groups in total. The third-order valence-corrected chi connectivity index (χ3v) is 3.78. The molecule has 0 rings (SSSR count). The van der Waals surface area contributed by atoms with Crippen molar-refractivity contribution < 1.29 is 76.8 Å². The fourth-order valence-electron chi connectivity index (χ4n) is 2.42. The second-order valence-electron chi connectivity index (χ2n) is 6.37. The third kappa shape index (κ3) is 46.1. The van der Waals surface area contributed by atoms with Crippen molar-refractivity contribution in [2.45, 2.75) is 104 Å². The molecule has 0 saturated carbocycles. The molecule has 0 aliphatic heterocycles. The fourth-order valence-corrected chi connectivity index (χ4v) is 2.42. The van der Waals surface area contributed by atoms with Crippen LogP contribution in [0.15, 0.2) is 0 Å². The average Bonchev–Trinajstić information content (AvgIpc) is 2.49. The largest absolute Gasteiger partial charge is 1.00 e. The van der Waals surface area contributed by atoms with E-state index in [1.165, 1.54) is 89.9 Å². The number of hydrogen-bond acceptors (Lipinski definition) is 2. The van der Waals surface area contributed by atoms with Crippen LogP contribution in [0.4, 0.5) is 0 Å². The summed E-state index contributed by atoms with van der Waals surface area (Å²) in [7, 11) is -4.64. The Hall–Kier alpha value is 1.71. The number of phosphoric acid groups is 1. The molecule has 0 aromatic heterocycles. The van der Waals surface area contributed by atoms with Crippen LogP contribution in [0, 0.1) is 0 Å². The van der Waals surface area contributed by atoms with Gasteiger partial charge in [-0.3, -0.25) is 0 Å². The van der Waals surface area contributed by atoms with Crippen molar-refractivity contribution in [2.24, 2.45) is 0 Å². The van der Waals surface area contributed by atoms with E-state index in [4.69, 9.17) is 24.0 Å². The molecule has 0 aromatic rings. The standard InChI is InChI=1S/C18H38O.K.H3O4P.H/c1-3-5-7-9-11-13-15-17-19-18-16-14-12-10-8-6-4-2;;1-5(2,3)4;/h3-18H2,1-2H3;;(H3,1,2,3,4);/q;+1;;-1. The van der Waals surface area contributed by atoms with Crippen LogP contribution >= 0.6 is 7.82 Å². The average molecular weight is 409 g/mol. The maximum absolute atomic E-state index is 8.88. The van der Waals surface area contributed by atoms with Gasteiger partial charge in [0.1, 0.15) is 0 Å². The number of unbranched alkanes of at least 4 members (excludes halogenated alkanes) is 12. The van der Waals surface area contributed by atoms with Gasteiger partial charge in [-0.25, -0.2) is 4.57 Å². The second-order valence-corrected chi connectivity index (χ2v) is 7.39. The first-order valence-electron chi connectivity index (χ1n) is 9.77. The summed E-state index contributed by atoms with van der Waals surface area (Å²) in [6.07, 6.45) is 19.3. The monoisotopic (exact) mass is 408 g/mol. The number of hydrogen-bond donors (Lipinski definition) is 3. The summed E-state index contributed by atoms with van der Waals surface area (Å²) in [6, 6.07) is 0. The third-order valence-electron chi connectivity index (χ3n) is 3.78. The molecule has 0 aromatic carbocycles. The molecule has 0 fully saturated rings. The van der Waals surface area contributed by atoms with Crippen LogP contribution in [0.25, 0.3) is 0 Å². The number of ether oxygens (including phenoxy) is 1. The molecule has 0 amide bonds. The number of rotatable bonds is 16. The summed E-state index contributed by atoms with van der Waals surface area (Å²) in [5.74, 6) is 0. The Morgan fingerprint density at radius 3 is 1.16 bits per heavy atom. The summed E-state index contributed by atoms with van der Waals surface area (Å²) in [6.45, 7) is 6.53. The smallest absolute Gasteiger partial charge is 1.00 e. The zero-order valence-corrected chi connectivity index (χ0v) is 20.9. The van der Waals surface area contributed by atoms with Gasteiger partial charge in [-0.15, -0.1) is 0 Å². The molecule has 7 heteroatoms. The first-order valence-corrected chi connectivity index (χ1v) is 11.3. The van der Waals surface area contributed by atoms with E-state index in [0.717, 1.165) is 13.2 Å². The zero-order valence-electron chi connectivity index (χ0n) is 17.9. The molecule has 25 heavy (non-hydrogen) atoms. The Morgan fingerprint density at radius 2 is 0.880 bits per heavy atom. The molecule has 150 valence electrons. The summed E-state index contributed by atoms with van der Waals surface area (Å²) in [5, 5.41) is 0. The quantitative estimate of drug-likeness (QED) is 0.208. The molecule has 0 unspecified atom stereocenters. The van der Waals surface area contributed by atoms with Crippen molar-refractivity contribution in [1.82, 2.24) is 0 Å². The van der Waals surface area contributed by atoms with Crippen LogP contribution in [0.5, 0.6) is 0 Å². The SMILES string of the molecule is CCCCCCCCCOCCCCCCCCC.O=P(O)(O)O.[H-].[K+]. The van der Waals surface area contributed by atoms with Crippen LogP contribution in [-0.2, 0) is 9.30 Å². The molecule has 0 aliphatic rings. The molecule has 0 spiro atoms. The van der Waals surface area contributed by atoms with E-state index >= 15 is 0 Å². The molecular formula is C18H42KO5P. The molecular weight excluding hydrogens is 366 g/mol. The van der Waals surface area contributed by atoms with Crippen molar-refractivity contribution in [3.8, 4) is 0 Å². The summed E-state index contributed by atoms with van der Waals surface area (Å²) in [4.78, 5) is 21.6. The van der Waals surface area contributed by atoms with E-state index in [1.807, 2.05) is 0 Å². The minimum Gasteiger partial charge on any atom is -1.00 e. The first-order chi connectivity index (χ1) is 11.4. The van der Waals surface area contributed by atoms with Crippen LogP contribution in [-0.4, -0.2) is 27.9 Å². The van der Waals surface area contributed by atoms with E-state index in [9.17, 15) is 0 Å². The van der Waals surface area contributed by atoms with Gasteiger partial charge in [0, 0.05) is 13.2 Å². The maximum Gasteiger partial charge on any atom is 1.00 e. The topological polar surface area (TPSA) is 87.0 Å². The Labute approximate surface area is 199 Å². The van der Waals surface area contributed by atoms with Crippen LogP contribution in [0.3, 0.4) is 0 Å². The van der Waals surface area contributed by atoms with Gasteiger partial charge in [0.2, 0.25) is 0 Å². The van der Waals surface area contributed by atoms with Gasteiger partial charge in [-0.1, -0.05) is 90.9 Å². The summed E-state index contributed by atoms with van der Waals surface area (Å²) >= 11 is 0. The fraction of sp³-hybridized carbons (Fsp3) is 1.00. The van der Waals surface area contributed by atoms with Gasteiger partial charge in [-0.05, 0) is 12.8 Å². The zero-order chi connectivity index (χ0) is 18.5. The maximum atomic E-state index is 8.88. The molecule has 0 heterocycles. The van der Waals surface area contributed by atoms with Gasteiger partial charge < -0.3 is 20.8 Å². The minimum atomic E-state index is -4.64. The minimum absolute atomic E-state index is 0. The molecule has 0 aliphatic carbocycles. The van der Waals surface area contributed by atoms with Crippen molar-refractivity contribution in [3.05, 3.63) is 0 Å². The van der Waals surface area contributed by atoms with Crippen molar-refractivity contribution in [3.63, 3.8) is 0 Å². The van der Waals surface area contributed by atoms with Gasteiger partial charge in [-0.2, -0.15) is 0 Å².